The number of hydrogen-bond acceptors (Lipinski definition) is 3. The van der Waals surface area contributed by atoms with E-state index in [0.717, 1.165) is 10.6 Å². The normalized spacial score (nSPS) is 13.9. The van der Waals surface area contributed by atoms with E-state index in [-0.39, 0.29) is 0 Å². The van der Waals surface area contributed by atoms with E-state index in [1.807, 2.05) is 60.7 Å². The molecule has 0 aliphatic carbocycles. The molecule has 0 bridgehead atoms. The average Bonchev–Trinajstić information content (AvgIpc) is 2.30. The van der Waals surface area contributed by atoms with Gasteiger partial charge in [-0.2, -0.15) is 0 Å². The molecule has 0 fully saturated rings. The fourth-order valence-electron chi connectivity index (χ4n) is 1.28. The molecule has 5 heteroatoms. The van der Waals surface area contributed by atoms with Crippen LogP contribution < -0.4 is 10.0 Å². The topological polar surface area (TPSA) is 35.2 Å². The van der Waals surface area contributed by atoms with E-state index in [0.29, 0.717) is 0 Å². The first-order valence-corrected chi connectivity index (χ1v) is 9.25. The van der Waals surface area contributed by atoms with Gasteiger partial charge in [0.1, 0.15) is 5.75 Å². The van der Waals surface area contributed by atoms with Gasteiger partial charge in [-0.1, -0.05) is 36.4 Å². The van der Waals surface area contributed by atoms with Gasteiger partial charge < -0.3 is 4.52 Å². The summed E-state index contributed by atoms with van der Waals surface area (Å²) in [5, 5.41) is 0. The maximum Gasteiger partial charge on any atom is 0.236 e. The number of rotatable bonds is 4. The number of nitrogens with two attached hydrogens (primary N) is 1. The molecular weight excluding hydrogens is 269 g/mol. The third-order valence-electron chi connectivity index (χ3n) is 1.95. The quantitative estimate of drug-likeness (QED) is 0.858. The second-order valence-electron chi connectivity index (χ2n) is 3.35. The van der Waals surface area contributed by atoms with E-state index < -0.39 is 5.62 Å². The van der Waals surface area contributed by atoms with Crippen LogP contribution in [0.5, 0.6) is 5.75 Å². The lowest BCUT2D eigenvalue weighted by molar-refractivity contribution is 0.626. The first kappa shape index (κ1) is 12.7. The Balaban J connectivity index is 2.07. The Labute approximate surface area is 110 Å². The first-order chi connectivity index (χ1) is 8.16. The Morgan fingerprint density at radius 3 is 2.06 bits per heavy atom. The van der Waals surface area contributed by atoms with Gasteiger partial charge in [-0.15, -0.1) is 0 Å². The maximum absolute atomic E-state index is 6.05. The molecule has 0 spiro atoms. The van der Waals surface area contributed by atoms with Gasteiger partial charge in [0.15, 0.2) is 0 Å². The smallest absolute Gasteiger partial charge is 0.236 e. The predicted molar refractivity (Wildman–Crippen MR) is 77.8 cm³/mol. The molecule has 0 saturated heterocycles. The van der Waals surface area contributed by atoms with Crippen molar-refractivity contribution in [3.8, 4) is 5.75 Å². The first-order valence-electron chi connectivity index (χ1n) is 5.04. The van der Waals surface area contributed by atoms with Crippen LogP contribution in [0, 0.1) is 0 Å². The Bertz CT molecular complexity index is 473. The van der Waals surface area contributed by atoms with Crippen molar-refractivity contribution >= 4 is 28.8 Å². The van der Waals surface area contributed by atoms with Crippen molar-refractivity contribution in [2.45, 2.75) is 4.90 Å². The van der Waals surface area contributed by atoms with E-state index in [2.05, 4.69) is 0 Å². The summed E-state index contributed by atoms with van der Waals surface area (Å²) < 4.78 is 5.67. The zero-order chi connectivity index (χ0) is 12.1. The highest BCUT2D eigenvalue weighted by Crippen LogP contribution is 2.55. The van der Waals surface area contributed by atoms with Gasteiger partial charge in [0.2, 0.25) is 5.62 Å². The van der Waals surface area contributed by atoms with Gasteiger partial charge in [0.05, 0.1) is 0 Å². The molecule has 2 aromatic rings. The Hall–Kier alpha value is -0.800. The standard InChI is InChI=1S/C12H12NOPS2/c13-15(16,14-11-7-3-1-4-8-11)17-12-9-5-2-6-10-12/h1-10H,(H2,13,16). The Morgan fingerprint density at radius 1 is 0.941 bits per heavy atom. The van der Waals surface area contributed by atoms with Crippen molar-refractivity contribution in [3.05, 3.63) is 60.7 Å². The molecule has 1 unspecified atom stereocenters. The Morgan fingerprint density at radius 2 is 1.47 bits per heavy atom. The molecule has 0 aliphatic heterocycles. The van der Waals surface area contributed by atoms with E-state index in [4.69, 9.17) is 21.8 Å². The summed E-state index contributed by atoms with van der Waals surface area (Å²) in [5.41, 5.74) is 3.66. The molecule has 2 N–H and O–H groups in total. The summed E-state index contributed by atoms with van der Waals surface area (Å²) in [6.45, 7) is 0. The average molecular weight is 281 g/mol. The van der Waals surface area contributed by atoms with Crippen molar-refractivity contribution in [2.24, 2.45) is 5.50 Å². The SMILES string of the molecule is NP(=S)(Oc1ccccc1)Sc1ccccc1. The molecule has 2 nitrogen and oxygen atoms in total. The van der Waals surface area contributed by atoms with Crippen molar-refractivity contribution in [1.82, 2.24) is 0 Å². The minimum absolute atomic E-state index is 0.724. The molecule has 88 valence electrons. The van der Waals surface area contributed by atoms with E-state index >= 15 is 0 Å². The predicted octanol–water partition coefficient (Wildman–Crippen LogP) is 4.04. The monoisotopic (exact) mass is 281 g/mol. The van der Waals surface area contributed by atoms with Crippen LogP contribution in [0.25, 0.3) is 0 Å². The van der Waals surface area contributed by atoms with Gasteiger partial charge in [-0.25, -0.2) is 0 Å². The molecule has 1 atom stereocenters. The summed E-state index contributed by atoms with van der Waals surface area (Å²) in [6, 6.07) is 19.3. The second-order valence-corrected chi connectivity index (χ2v) is 9.76. The second kappa shape index (κ2) is 5.69. The van der Waals surface area contributed by atoms with Crippen LogP contribution in [0.3, 0.4) is 0 Å². The largest absolute Gasteiger partial charge is 0.445 e. The van der Waals surface area contributed by atoms with Crippen LogP contribution in [0.1, 0.15) is 0 Å². The lowest BCUT2D eigenvalue weighted by Gasteiger charge is -2.17. The number of hydrogen-bond donors (Lipinski definition) is 1. The minimum Gasteiger partial charge on any atom is -0.445 e. The minimum atomic E-state index is -2.39. The molecule has 17 heavy (non-hydrogen) atoms. The highest BCUT2D eigenvalue weighted by atomic mass is 32.9. The van der Waals surface area contributed by atoms with Crippen LogP contribution in [0.4, 0.5) is 0 Å². The summed E-state index contributed by atoms with van der Waals surface area (Å²) in [6.07, 6.45) is 0. The molecular formula is C12H12NOPS2. The zero-order valence-electron chi connectivity index (χ0n) is 9.02. The maximum atomic E-state index is 6.05. The zero-order valence-corrected chi connectivity index (χ0v) is 11.6. The molecule has 0 heterocycles. The van der Waals surface area contributed by atoms with Crippen LogP contribution in [0.15, 0.2) is 65.6 Å². The Kier molecular flexibility index (Phi) is 4.24. The van der Waals surface area contributed by atoms with Gasteiger partial charge in [-0.3, -0.25) is 5.50 Å². The number of para-hydroxylation sites is 1. The van der Waals surface area contributed by atoms with Gasteiger partial charge in [0, 0.05) is 4.90 Å². The molecule has 0 aliphatic rings. The molecule has 0 aromatic heterocycles. The molecule has 2 rings (SSSR count). The molecule has 0 saturated carbocycles. The molecule has 0 radical (unpaired) electrons. The van der Waals surface area contributed by atoms with Gasteiger partial charge in [0.25, 0.3) is 0 Å². The highest BCUT2D eigenvalue weighted by molar-refractivity contribution is 8.68. The van der Waals surface area contributed by atoms with E-state index in [9.17, 15) is 0 Å². The van der Waals surface area contributed by atoms with E-state index in [1.165, 1.54) is 11.4 Å². The van der Waals surface area contributed by atoms with Gasteiger partial charge >= 0.3 is 0 Å². The summed E-state index contributed by atoms with van der Waals surface area (Å²) in [7, 11) is 0. The lowest BCUT2D eigenvalue weighted by atomic mass is 10.3. The highest BCUT2D eigenvalue weighted by Gasteiger charge is 2.15. The van der Waals surface area contributed by atoms with E-state index in [1.54, 1.807) is 0 Å². The van der Waals surface area contributed by atoms with Crippen LogP contribution in [0.2, 0.25) is 0 Å². The summed E-state index contributed by atoms with van der Waals surface area (Å²) in [4.78, 5) is 1.04. The lowest BCUT2D eigenvalue weighted by Crippen LogP contribution is -1.98. The van der Waals surface area contributed by atoms with Crippen LogP contribution in [-0.2, 0) is 11.8 Å². The molecule has 2 aromatic carbocycles. The van der Waals surface area contributed by atoms with Crippen molar-refractivity contribution < 1.29 is 4.52 Å². The summed E-state index contributed by atoms with van der Waals surface area (Å²) >= 11 is 6.76. The third kappa shape index (κ3) is 4.17. The van der Waals surface area contributed by atoms with Crippen LogP contribution in [-0.4, -0.2) is 0 Å². The summed E-state index contributed by atoms with van der Waals surface area (Å²) in [5.74, 6) is 0.724. The third-order valence-corrected chi connectivity index (χ3v) is 5.67. The van der Waals surface area contributed by atoms with Crippen molar-refractivity contribution in [3.63, 3.8) is 0 Å². The van der Waals surface area contributed by atoms with Gasteiger partial charge in [-0.05, 0) is 47.5 Å². The van der Waals surface area contributed by atoms with Crippen molar-refractivity contribution in [1.29, 1.82) is 0 Å². The van der Waals surface area contributed by atoms with Crippen molar-refractivity contribution in [2.75, 3.05) is 0 Å². The number of benzene rings is 2. The fraction of sp³-hybridized carbons (Fsp3) is 0. The molecule has 0 amide bonds. The fourth-order valence-corrected chi connectivity index (χ4v) is 4.95. The van der Waals surface area contributed by atoms with Crippen LogP contribution >= 0.6 is 17.0 Å².